The standard InChI is InChI=1S/C15H20N6/c1-12-9-17-6-2-3-15(20-19-12)13-10-18-21(11-13)14-4-7-16-8-5-14/h2-3,6,9-11,14,16,19H,4-5,7-8H2,1H3. The zero-order chi connectivity index (χ0) is 14.5. The zero-order valence-electron chi connectivity index (χ0n) is 12.2. The van der Waals surface area contributed by atoms with Gasteiger partial charge in [0.15, 0.2) is 0 Å². The van der Waals surface area contributed by atoms with Gasteiger partial charge >= 0.3 is 0 Å². The van der Waals surface area contributed by atoms with Crippen molar-refractivity contribution >= 4 is 0 Å². The van der Waals surface area contributed by atoms with Crippen LogP contribution in [-0.2, 0) is 0 Å². The number of aromatic nitrogens is 5. The first kappa shape index (κ1) is 13.8. The van der Waals surface area contributed by atoms with Gasteiger partial charge in [-0.15, -0.1) is 0 Å². The number of piperidine rings is 1. The fourth-order valence-corrected chi connectivity index (χ4v) is 2.46. The van der Waals surface area contributed by atoms with Gasteiger partial charge in [0.25, 0.3) is 0 Å². The molecule has 6 heteroatoms. The van der Waals surface area contributed by atoms with E-state index in [4.69, 9.17) is 0 Å². The molecule has 2 aromatic heterocycles. The summed E-state index contributed by atoms with van der Waals surface area (Å²) in [6.07, 6.45) is 9.70. The molecule has 0 aliphatic carbocycles. The molecule has 3 heterocycles. The first-order valence-corrected chi connectivity index (χ1v) is 7.28. The summed E-state index contributed by atoms with van der Waals surface area (Å²) >= 11 is 0. The Bertz CT molecular complexity index is 637. The lowest BCUT2D eigenvalue weighted by Gasteiger charge is -2.22. The molecule has 1 aliphatic heterocycles. The second-order valence-electron chi connectivity index (χ2n) is 5.27. The summed E-state index contributed by atoms with van der Waals surface area (Å²) in [5.74, 6) is 0. The Morgan fingerprint density at radius 1 is 1.24 bits per heavy atom. The van der Waals surface area contributed by atoms with Crippen LogP contribution in [-0.4, -0.2) is 38.1 Å². The molecule has 0 unspecified atom stereocenters. The van der Waals surface area contributed by atoms with Crippen molar-refractivity contribution < 1.29 is 0 Å². The number of hydrogen-bond donors (Lipinski definition) is 2. The van der Waals surface area contributed by atoms with Gasteiger partial charge in [0.05, 0.1) is 17.9 Å². The van der Waals surface area contributed by atoms with Crippen molar-refractivity contribution in [2.24, 2.45) is 0 Å². The van der Waals surface area contributed by atoms with Crippen LogP contribution in [0.25, 0.3) is 11.3 Å². The Morgan fingerprint density at radius 2 is 2.10 bits per heavy atom. The molecular weight excluding hydrogens is 264 g/mol. The summed E-state index contributed by atoms with van der Waals surface area (Å²) in [4.78, 5) is 4.14. The minimum absolute atomic E-state index is 0.483. The maximum atomic E-state index is 4.51. The van der Waals surface area contributed by atoms with Crippen LogP contribution in [0.4, 0.5) is 0 Å². The molecule has 3 rings (SSSR count). The van der Waals surface area contributed by atoms with Gasteiger partial charge in [-0.2, -0.15) is 10.2 Å². The van der Waals surface area contributed by atoms with Gasteiger partial charge in [0.1, 0.15) is 0 Å². The molecule has 0 saturated carbocycles. The van der Waals surface area contributed by atoms with E-state index in [-0.39, 0.29) is 0 Å². The fourth-order valence-electron chi connectivity index (χ4n) is 2.46. The molecule has 1 fully saturated rings. The Kier molecular flexibility index (Phi) is 4.25. The normalized spacial score (nSPS) is 15.7. The van der Waals surface area contributed by atoms with Crippen molar-refractivity contribution in [1.29, 1.82) is 0 Å². The molecule has 2 N–H and O–H groups in total. The second-order valence-corrected chi connectivity index (χ2v) is 5.27. The van der Waals surface area contributed by atoms with E-state index in [1.54, 1.807) is 12.4 Å². The van der Waals surface area contributed by atoms with E-state index in [9.17, 15) is 0 Å². The van der Waals surface area contributed by atoms with E-state index in [1.165, 1.54) is 0 Å². The number of H-pyrrole nitrogens is 1. The number of nitrogens with one attached hydrogen (secondary N) is 2. The summed E-state index contributed by atoms with van der Waals surface area (Å²) in [7, 11) is 0. The minimum Gasteiger partial charge on any atom is -0.317 e. The maximum Gasteiger partial charge on any atom is 0.0937 e. The lowest BCUT2D eigenvalue weighted by atomic mass is 10.1. The van der Waals surface area contributed by atoms with Gasteiger partial charge in [-0.3, -0.25) is 14.8 Å². The van der Waals surface area contributed by atoms with Crippen LogP contribution >= 0.6 is 0 Å². The Labute approximate surface area is 123 Å². The van der Waals surface area contributed by atoms with Gasteiger partial charge in [-0.25, -0.2) is 0 Å². The van der Waals surface area contributed by atoms with E-state index in [0.717, 1.165) is 42.9 Å². The molecular formula is C15H20N6. The van der Waals surface area contributed by atoms with Gasteiger partial charge in [0.2, 0.25) is 0 Å². The summed E-state index contributed by atoms with van der Waals surface area (Å²) in [5, 5.41) is 15.3. The third-order valence-electron chi connectivity index (χ3n) is 3.63. The van der Waals surface area contributed by atoms with E-state index in [0.29, 0.717) is 6.04 Å². The Hall–Kier alpha value is -2.21. The van der Waals surface area contributed by atoms with E-state index in [2.05, 4.69) is 36.5 Å². The highest BCUT2D eigenvalue weighted by atomic mass is 15.3. The quantitative estimate of drug-likeness (QED) is 0.885. The SMILES string of the molecule is Cc1cncccc(-c2cnn(C3CCNCC3)c2)n[nH]1. The van der Waals surface area contributed by atoms with Crippen molar-refractivity contribution in [1.82, 2.24) is 30.3 Å². The summed E-state index contributed by atoms with van der Waals surface area (Å²) in [6.45, 7) is 4.05. The average molecular weight is 284 g/mol. The van der Waals surface area contributed by atoms with Crippen LogP contribution in [0.1, 0.15) is 24.6 Å². The molecule has 0 bridgehead atoms. The fraction of sp³-hybridized carbons (Fsp3) is 0.400. The monoisotopic (exact) mass is 284 g/mol. The predicted molar refractivity (Wildman–Crippen MR) is 81.1 cm³/mol. The zero-order valence-corrected chi connectivity index (χ0v) is 12.2. The summed E-state index contributed by atoms with van der Waals surface area (Å²) in [5.41, 5.74) is 2.77. The van der Waals surface area contributed by atoms with Gasteiger partial charge in [-0.05, 0) is 45.0 Å². The number of aromatic amines is 1. The lowest BCUT2D eigenvalue weighted by molar-refractivity contribution is 0.343. The molecule has 0 atom stereocenters. The van der Waals surface area contributed by atoms with E-state index in [1.807, 2.05) is 25.3 Å². The molecule has 0 aromatic carbocycles. The molecule has 2 aromatic rings. The topological polar surface area (TPSA) is 71.4 Å². The van der Waals surface area contributed by atoms with Crippen LogP contribution in [0.2, 0.25) is 0 Å². The van der Waals surface area contributed by atoms with Crippen LogP contribution in [0.3, 0.4) is 0 Å². The lowest BCUT2D eigenvalue weighted by Crippen LogP contribution is -2.29. The van der Waals surface area contributed by atoms with Crippen LogP contribution in [0, 0.1) is 6.92 Å². The molecule has 0 radical (unpaired) electrons. The smallest absolute Gasteiger partial charge is 0.0937 e. The number of hydrogen-bond acceptors (Lipinski definition) is 4. The van der Waals surface area contributed by atoms with Gasteiger partial charge in [-0.1, -0.05) is 0 Å². The molecule has 0 spiro atoms. The number of aryl methyl sites for hydroxylation is 1. The highest BCUT2D eigenvalue weighted by Crippen LogP contribution is 2.21. The predicted octanol–water partition coefficient (Wildman–Crippen LogP) is 2.03. The maximum absolute atomic E-state index is 4.51. The third-order valence-corrected chi connectivity index (χ3v) is 3.63. The highest BCUT2D eigenvalue weighted by Gasteiger charge is 2.16. The molecule has 21 heavy (non-hydrogen) atoms. The van der Waals surface area contributed by atoms with Crippen molar-refractivity contribution in [3.05, 3.63) is 42.6 Å². The Balaban J connectivity index is 1.90. The van der Waals surface area contributed by atoms with Crippen LogP contribution < -0.4 is 5.32 Å². The van der Waals surface area contributed by atoms with E-state index >= 15 is 0 Å². The summed E-state index contributed by atoms with van der Waals surface area (Å²) < 4.78 is 2.07. The molecule has 6 nitrogen and oxygen atoms in total. The minimum atomic E-state index is 0.483. The van der Waals surface area contributed by atoms with Crippen LogP contribution in [0.5, 0.6) is 0 Å². The van der Waals surface area contributed by atoms with Crippen molar-refractivity contribution in [3.63, 3.8) is 0 Å². The van der Waals surface area contributed by atoms with Crippen molar-refractivity contribution in [3.8, 4) is 11.3 Å². The van der Waals surface area contributed by atoms with E-state index < -0.39 is 0 Å². The highest BCUT2D eigenvalue weighted by molar-refractivity contribution is 5.55. The first-order chi connectivity index (χ1) is 10.3. The molecule has 110 valence electrons. The van der Waals surface area contributed by atoms with Crippen LogP contribution in [0.15, 0.2) is 36.9 Å². The first-order valence-electron chi connectivity index (χ1n) is 7.28. The molecule has 1 saturated heterocycles. The third kappa shape index (κ3) is 3.46. The average Bonchev–Trinajstić information content (AvgIpc) is 3.02. The van der Waals surface area contributed by atoms with Crippen molar-refractivity contribution in [2.75, 3.05) is 13.1 Å². The molecule has 0 amide bonds. The van der Waals surface area contributed by atoms with Crippen molar-refractivity contribution in [2.45, 2.75) is 25.8 Å². The molecule has 1 aliphatic rings. The number of rotatable bonds is 2. The summed E-state index contributed by atoms with van der Waals surface area (Å²) in [6, 6.07) is 4.31. The van der Waals surface area contributed by atoms with Gasteiger partial charge < -0.3 is 5.32 Å². The van der Waals surface area contributed by atoms with Gasteiger partial charge in [0, 0.05) is 29.8 Å². The number of nitrogens with zero attached hydrogens (tertiary/aromatic N) is 4. The second kappa shape index (κ2) is 6.49. The largest absolute Gasteiger partial charge is 0.317 e. The Morgan fingerprint density at radius 3 is 2.95 bits per heavy atom.